The van der Waals surface area contributed by atoms with Gasteiger partial charge in [-0.25, -0.2) is 4.98 Å². The van der Waals surface area contributed by atoms with Crippen LogP contribution in [0.4, 0.5) is 5.82 Å². The first kappa shape index (κ1) is 15.6. The Balaban J connectivity index is 1.53. The van der Waals surface area contributed by atoms with Crippen molar-refractivity contribution >= 4 is 29.7 Å². The molecule has 2 aromatic rings. The molecule has 5 heteroatoms. The number of anilines is 1. The van der Waals surface area contributed by atoms with Crippen molar-refractivity contribution in [1.82, 2.24) is 9.99 Å². The quantitative estimate of drug-likeness (QED) is 0.806. The lowest BCUT2D eigenvalue weighted by Gasteiger charge is -2.33. The number of hydrogen-bond donors (Lipinski definition) is 0. The Morgan fingerprint density at radius 3 is 2.43 bits per heavy atom. The average molecular weight is 327 g/mol. The number of hydrogen-bond acceptors (Lipinski definition) is 4. The Morgan fingerprint density at radius 1 is 1.00 bits per heavy atom. The fourth-order valence-electron chi connectivity index (χ4n) is 2.46. The van der Waals surface area contributed by atoms with Gasteiger partial charge >= 0.3 is 0 Å². The van der Waals surface area contributed by atoms with E-state index in [1.54, 1.807) is 6.21 Å². The van der Waals surface area contributed by atoms with E-state index < -0.39 is 0 Å². The van der Waals surface area contributed by atoms with Crippen LogP contribution in [0.2, 0.25) is 0 Å². The van der Waals surface area contributed by atoms with Crippen molar-refractivity contribution in [3.05, 3.63) is 65.3 Å². The number of benzene rings is 1. The van der Waals surface area contributed by atoms with E-state index in [0.29, 0.717) is 5.03 Å². The summed E-state index contributed by atoms with van der Waals surface area (Å²) in [5, 5.41) is 7.14. The van der Waals surface area contributed by atoms with Gasteiger partial charge in [0.1, 0.15) is 5.82 Å². The summed E-state index contributed by atoms with van der Waals surface area (Å²) in [5.41, 5.74) is 1.07. The molecule has 1 saturated heterocycles. The molecule has 1 aliphatic heterocycles. The lowest BCUT2D eigenvalue weighted by atomic mass is 10.2. The first-order chi connectivity index (χ1) is 11.3. The van der Waals surface area contributed by atoms with E-state index in [0.717, 1.165) is 37.6 Å². The van der Waals surface area contributed by atoms with Gasteiger partial charge in [-0.15, -0.1) is 0 Å². The van der Waals surface area contributed by atoms with E-state index in [9.17, 15) is 0 Å². The molecule has 1 aromatic heterocycles. The van der Waals surface area contributed by atoms with Gasteiger partial charge in [0.15, 0.2) is 0 Å². The molecule has 1 aliphatic rings. The molecule has 0 saturated carbocycles. The Labute approximate surface area is 141 Å². The Kier molecular flexibility index (Phi) is 5.27. The van der Waals surface area contributed by atoms with E-state index in [1.807, 2.05) is 65.8 Å². The molecule has 3 rings (SSSR count). The summed E-state index contributed by atoms with van der Waals surface area (Å²) in [7, 11) is 0. The third-order valence-corrected chi connectivity index (χ3v) is 3.88. The second-order valence-electron chi connectivity index (χ2n) is 5.31. The third kappa shape index (κ3) is 4.57. The van der Waals surface area contributed by atoms with Gasteiger partial charge in [0, 0.05) is 19.3 Å². The van der Waals surface area contributed by atoms with E-state index in [2.05, 4.69) is 15.0 Å². The Hall–Kier alpha value is -2.33. The number of allylic oxidation sites excluding steroid dienone is 1. The van der Waals surface area contributed by atoms with Gasteiger partial charge in [-0.05, 0) is 23.8 Å². The van der Waals surface area contributed by atoms with Gasteiger partial charge < -0.3 is 4.90 Å². The van der Waals surface area contributed by atoms with Crippen LogP contribution in [0, 0.1) is 0 Å². The molecule has 2 heterocycles. The molecule has 0 bridgehead atoms. The van der Waals surface area contributed by atoms with E-state index in [1.165, 1.54) is 0 Å². The first-order valence-corrected chi connectivity index (χ1v) is 8.06. The van der Waals surface area contributed by atoms with Gasteiger partial charge in [0.2, 0.25) is 0 Å². The third-order valence-electron chi connectivity index (χ3n) is 3.68. The van der Waals surface area contributed by atoms with Crippen LogP contribution in [0.5, 0.6) is 0 Å². The number of aromatic nitrogens is 1. The molecular weight excluding hydrogens is 308 g/mol. The fraction of sp³-hybridized carbons (Fsp3) is 0.222. The highest BCUT2D eigenvalue weighted by atomic mass is 35.5. The second-order valence-corrected chi connectivity index (χ2v) is 5.75. The molecule has 0 atom stereocenters. The number of pyridine rings is 1. The number of piperazine rings is 1. The highest BCUT2D eigenvalue weighted by molar-refractivity contribution is 6.41. The maximum atomic E-state index is 6.22. The lowest BCUT2D eigenvalue weighted by Crippen LogP contribution is -2.44. The van der Waals surface area contributed by atoms with Crippen molar-refractivity contribution in [3.8, 4) is 0 Å². The largest absolute Gasteiger partial charge is 0.353 e. The zero-order valence-electron chi connectivity index (χ0n) is 12.8. The second kappa shape index (κ2) is 7.79. The maximum absolute atomic E-state index is 6.22. The van der Waals surface area contributed by atoms with Crippen molar-refractivity contribution < 1.29 is 0 Å². The summed E-state index contributed by atoms with van der Waals surface area (Å²) in [6, 6.07) is 16.0. The van der Waals surface area contributed by atoms with Crippen molar-refractivity contribution in [2.45, 2.75) is 0 Å². The predicted octanol–water partition coefficient (Wildman–Crippen LogP) is 3.47. The zero-order chi connectivity index (χ0) is 15.9. The average Bonchev–Trinajstić information content (AvgIpc) is 2.62. The summed E-state index contributed by atoms with van der Waals surface area (Å²) in [4.78, 5) is 6.66. The van der Waals surface area contributed by atoms with Crippen LogP contribution < -0.4 is 4.90 Å². The Morgan fingerprint density at radius 2 is 1.74 bits per heavy atom. The predicted molar refractivity (Wildman–Crippen MR) is 96.8 cm³/mol. The maximum Gasteiger partial charge on any atom is 0.128 e. The molecule has 0 unspecified atom stereocenters. The van der Waals surface area contributed by atoms with E-state index in [4.69, 9.17) is 11.6 Å². The number of hydrazone groups is 1. The molecule has 4 nitrogen and oxygen atoms in total. The van der Waals surface area contributed by atoms with Gasteiger partial charge in [-0.2, -0.15) is 5.10 Å². The minimum absolute atomic E-state index is 0.628. The van der Waals surface area contributed by atoms with E-state index in [-0.39, 0.29) is 0 Å². The minimum Gasteiger partial charge on any atom is -0.353 e. The SMILES string of the molecule is ClC(C=NN1CCN(c2ccccn2)CC1)=Cc1ccccc1. The highest BCUT2D eigenvalue weighted by Crippen LogP contribution is 2.13. The Bertz CT molecular complexity index is 662. The molecular formula is C18H19ClN4. The molecule has 0 spiro atoms. The smallest absolute Gasteiger partial charge is 0.128 e. The normalized spacial score (nSPS) is 16.1. The van der Waals surface area contributed by atoms with Crippen LogP contribution >= 0.6 is 11.6 Å². The molecule has 1 aromatic carbocycles. The molecule has 118 valence electrons. The number of halogens is 1. The molecule has 0 aliphatic carbocycles. The van der Waals surface area contributed by atoms with Gasteiger partial charge in [0.25, 0.3) is 0 Å². The van der Waals surface area contributed by atoms with E-state index >= 15 is 0 Å². The van der Waals surface area contributed by atoms with Crippen molar-refractivity contribution in [2.24, 2.45) is 5.10 Å². The monoisotopic (exact) mass is 326 g/mol. The highest BCUT2D eigenvalue weighted by Gasteiger charge is 2.16. The summed E-state index contributed by atoms with van der Waals surface area (Å²) >= 11 is 6.22. The van der Waals surface area contributed by atoms with Crippen LogP contribution in [-0.2, 0) is 0 Å². The summed E-state index contributed by atoms with van der Waals surface area (Å²) < 4.78 is 0. The van der Waals surface area contributed by atoms with Crippen LogP contribution in [0.25, 0.3) is 6.08 Å². The standard InChI is InChI=1S/C18H19ClN4/c19-17(14-16-6-2-1-3-7-16)15-21-23-12-10-22(11-13-23)18-8-4-5-9-20-18/h1-9,14-15H,10-13H2. The van der Waals surface area contributed by atoms with Crippen molar-refractivity contribution in [1.29, 1.82) is 0 Å². The summed E-state index contributed by atoms with van der Waals surface area (Å²) in [5.74, 6) is 1.03. The first-order valence-electron chi connectivity index (χ1n) is 7.68. The molecule has 0 N–H and O–H groups in total. The van der Waals surface area contributed by atoms with Crippen molar-refractivity contribution in [3.63, 3.8) is 0 Å². The lowest BCUT2D eigenvalue weighted by molar-refractivity contribution is 0.271. The zero-order valence-corrected chi connectivity index (χ0v) is 13.6. The van der Waals surface area contributed by atoms with Crippen LogP contribution in [-0.4, -0.2) is 42.4 Å². The molecule has 1 fully saturated rings. The fourth-order valence-corrected chi connectivity index (χ4v) is 2.63. The molecule has 23 heavy (non-hydrogen) atoms. The molecule has 0 radical (unpaired) electrons. The molecule has 0 amide bonds. The van der Waals surface area contributed by atoms with Gasteiger partial charge in [0.05, 0.1) is 24.3 Å². The number of rotatable bonds is 4. The number of nitrogens with zero attached hydrogens (tertiary/aromatic N) is 4. The van der Waals surface area contributed by atoms with Crippen LogP contribution in [0.3, 0.4) is 0 Å². The van der Waals surface area contributed by atoms with Gasteiger partial charge in [-0.1, -0.05) is 48.0 Å². The van der Waals surface area contributed by atoms with Crippen LogP contribution in [0.15, 0.2) is 64.9 Å². The topological polar surface area (TPSA) is 31.7 Å². The van der Waals surface area contributed by atoms with Gasteiger partial charge in [-0.3, -0.25) is 5.01 Å². The van der Waals surface area contributed by atoms with Crippen LogP contribution in [0.1, 0.15) is 5.56 Å². The van der Waals surface area contributed by atoms with Crippen molar-refractivity contribution in [2.75, 3.05) is 31.1 Å². The summed E-state index contributed by atoms with van der Waals surface area (Å²) in [6.07, 6.45) is 5.45. The minimum atomic E-state index is 0.628. The summed E-state index contributed by atoms with van der Waals surface area (Å²) in [6.45, 7) is 3.55.